The van der Waals surface area contributed by atoms with Gasteiger partial charge in [-0.05, 0) is 24.5 Å². The van der Waals surface area contributed by atoms with Gasteiger partial charge in [0.2, 0.25) is 0 Å². The molecule has 0 aliphatic rings. The quantitative estimate of drug-likeness (QED) is 0.889. The topological polar surface area (TPSA) is 64.9 Å². The number of halogens is 1. The molecule has 0 spiro atoms. The number of pyridine rings is 1. The molecule has 0 aliphatic heterocycles. The van der Waals surface area contributed by atoms with Crippen molar-refractivity contribution in [2.45, 2.75) is 18.9 Å². The smallest absolute Gasteiger partial charge is 0.128 e. The SMILES string of the molecule is Nc1ncc(Cl)cc1C(N)CCc1ccccc1. The number of nitrogen functional groups attached to an aromatic ring is 1. The summed E-state index contributed by atoms with van der Waals surface area (Å²) < 4.78 is 0. The Balaban J connectivity index is 2.03. The van der Waals surface area contributed by atoms with Crippen LogP contribution in [0.3, 0.4) is 0 Å². The maximum atomic E-state index is 6.13. The first-order chi connectivity index (χ1) is 8.66. The number of rotatable bonds is 4. The van der Waals surface area contributed by atoms with Crippen LogP contribution in [0.5, 0.6) is 0 Å². The van der Waals surface area contributed by atoms with Gasteiger partial charge in [-0.15, -0.1) is 0 Å². The summed E-state index contributed by atoms with van der Waals surface area (Å²) in [7, 11) is 0. The molecule has 2 rings (SSSR count). The summed E-state index contributed by atoms with van der Waals surface area (Å²) >= 11 is 5.90. The standard InChI is InChI=1S/C14H16ClN3/c15-11-8-12(14(17)18-9-11)13(16)7-6-10-4-2-1-3-5-10/h1-5,8-9,13H,6-7,16H2,(H2,17,18). The van der Waals surface area contributed by atoms with Crippen molar-refractivity contribution in [1.82, 2.24) is 4.98 Å². The molecule has 1 unspecified atom stereocenters. The fraction of sp³-hybridized carbons (Fsp3) is 0.214. The largest absolute Gasteiger partial charge is 0.383 e. The fourth-order valence-electron chi connectivity index (χ4n) is 1.88. The molecule has 4 N–H and O–H groups in total. The first-order valence-corrected chi connectivity index (χ1v) is 6.25. The predicted octanol–water partition coefficient (Wildman–Crippen LogP) is 2.95. The molecule has 0 aliphatic carbocycles. The normalized spacial score (nSPS) is 12.3. The van der Waals surface area contributed by atoms with E-state index in [2.05, 4.69) is 17.1 Å². The van der Waals surface area contributed by atoms with Gasteiger partial charge in [0.05, 0.1) is 5.02 Å². The molecule has 1 aromatic heterocycles. The average molecular weight is 262 g/mol. The third-order valence-electron chi connectivity index (χ3n) is 2.90. The Bertz CT molecular complexity index is 514. The van der Waals surface area contributed by atoms with Crippen LogP contribution in [0.2, 0.25) is 5.02 Å². The van der Waals surface area contributed by atoms with Crippen molar-refractivity contribution >= 4 is 17.4 Å². The van der Waals surface area contributed by atoms with Crippen LogP contribution in [0.4, 0.5) is 5.82 Å². The highest BCUT2D eigenvalue weighted by molar-refractivity contribution is 6.30. The van der Waals surface area contributed by atoms with Crippen LogP contribution >= 0.6 is 11.6 Å². The van der Waals surface area contributed by atoms with Crippen LogP contribution in [0.15, 0.2) is 42.6 Å². The third-order valence-corrected chi connectivity index (χ3v) is 3.11. The lowest BCUT2D eigenvalue weighted by atomic mass is 10.0. The van der Waals surface area contributed by atoms with Gasteiger partial charge in [0.25, 0.3) is 0 Å². The van der Waals surface area contributed by atoms with Gasteiger partial charge >= 0.3 is 0 Å². The van der Waals surface area contributed by atoms with Crippen molar-refractivity contribution in [3.8, 4) is 0 Å². The van der Waals surface area contributed by atoms with E-state index in [0.717, 1.165) is 18.4 Å². The number of benzene rings is 1. The number of nitrogens with zero attached hydrogens (tertiary/aromatic N) is 1. The van der Waals surface area contributed by atoms with Crippen molar-refractivity contribution in [2.75, 3.05) is 5.73 Å². The number of aryl methyl sites for hydroxylation is 1. The van der Waals surface area contributed by atoms with Crippen LogP contribution in [-0.4, -0.2) is 4.98 Å². The van der Waals surface area contributed by atoms with Gasteiger partial charge in [-0.1, -0.05) is 41.9 Å². The van der Waals surface area contributed by atoms with E-state index in [1.165, 1.54) is 11.8 Å². The molecule has 0 saturated carbocycles. The van der Waals surface area contributed by atoms with Gasteiger partial charge in [-0.25, -0.2) is 4.98 Å². The number of anilines is 1. The van der Waals surface area contributed by atoms with Gasteiger partial charge in [0, 0.05) is 17.8 Å². The molecule has 2 aromatic rings. The molecular weight excluding hydrogens is 246 g/mol. The summed E-state index contributed by atoms with van der Waals surface area (Å²) in [5.74, 6) is 0.458. The highest BCUT2D eigenvalue weighted by Crippen LogP contribution is 2.23. The molecule has 0 radical (unpaired) electrons. The minimum Gasteiger partial charge on any atom is -0.383 e. The van der Waals surface area contributed by atoms with E-state index in [9.17, 15) is 0 Å². The van der Waals surface area contributed by atoms with Crippen LogP contribution in [0.1, 0.15) is 23.6 Å². The Morgan fingerprint density at radius 2 is 1.94 bits per heavy atom. The number of aromatic nitrogens is 1. The fourth-order valence-corrected chi connectivity index (χ4v) is 2.05. The van der Waals surface area contributed by atoms with E-state index in [0.29, 0.717) is 10.8 Å². The van der Waals surface area contributed by atoms with Crippen molar-refractivity contribution in [3.63, 3.8) is 0 Å². The van der Waals surface area contributed by atoms with Gasteiger partial charge in [0.15, 0.2) is 0 Å². The summed E-state index contributed by atoms with van der Waals surface area (Å²) in [5.41, 5.74) is 14.0. The van der Waals surface area contributed by atoms with Crippen molar-refractivity contribution in [2.24, 2.45) is 5.73 Å². The van der Waals surface area contributed by atoms with E-state index in [1.807, 2.05) is 18.2 Å². The van der Waals surface area contributed by atoms with Crippen molar-refractivity contribution in [3.05, 3.63) is 58.7 Å². The molecule has 94 valence electrons. The molecule has 3 nitrogen and oxygen atoms in total. The van der Waals surface area contributed by atoms with E-state index in [-0.39, 0.29) is 6.04 Å². The van der Waals surface area contributed by atoms with Crippen molar-refractivity contribution in [1.29, 1.82) is 0 Å². The second-order valence-electron chi connectivity index (χ2n) is 4.26. The highest BCUT2D eigenvalue weighted by atomic mass is 35.5. The molecule has 1 heterocycles. The Morgan fingerprint density at radius 3 is 2.67 bits per heavy atom. The van der Waals surface area contributed by atoms with Gasteiger partial charge < -0.3 is 11.5 Å². The van der Waals surface area contributed by atoms with Crippen LogP contribution in [0, 0.1) is 0 Å². The Labute approximate surface area is 112 Å². The molecule has 4 heteroatoms. The maximum absolute atomic E-state index is 6.13. The monoisotopic (exact) mass is 261 g/mol. The Hall–Kier alpha value is -1.58. The zero-order chi connectivity index (χ0) is 13.0. The molecule has 0 amide bonds. The average Bonchev–Trinajstić information content (AvgIpc) is 2.40. The maximum Gasteiger partial charge on any atom is 0.128 e. The molecule has 0 saturated heterocycles. The van der Waals surface area contributed by atoms with Gasteiger partial charge in [-0.3, -0.25) is 0 Å². The Kier molecular flexibility index (Phi) is 4.18. The van der Waals surface area contributed by atoms with E-state index >= 15 is 0 Å². The van der Waals surface area contributed by atoms with E-state index in [4.69, 9.17) is 23.1 Å². The van der Waals surface area contributed by atoms with E-state index < -0.39 is 0 Å². The number of nitrogens with two attached hydrogens (primary N) is 2. The summed E-state index contributed by atoms with van der Waals surface area (Å²) in [5, 5.41) is 0.564. The summed E-state index contributed by atoms with van der Waals surface area (Å²) in [6.07, 6.45) is 3.26. The lowest BCUT2D eigenvalue weighted by Crippen LogP contribution is -2.14. The summed E-state index contributed by atoms with van der Waals surface area (Å²) in [6.45, 7) is 0. The zero-order valence-corrected chi connectivity index (χ0v) is 10.8. The summed E-state index contributed by atoms with van der Waals surface area (Å²) in [4.78, 5) is 4.02. The summed E-state index contributed by atoms with van der Waals surface area (Å²) in [6, 6.07) is 11.9. The zero-order valence-electron chi connectivity index (χ0n) is 10.0. The van der Waals surface area contributed by atoms with Gasteiger partial charge in [-0.2, -0.15) is 0 Å². The minimum absolute atomic E-state index is 0.142. The first-order valence-electron chi connectivity index (χ1n) is 5.87. The number of hydrogen-bond acceptors (Lipinski definition) is 3. The number of hydrogen-bond donors (Lipinski definition) is 2. The van der Waals surface area contributed by atoms with Crippen molar-refractivity contribution < 1.29 is 0 Å². The lowest BCUT2D eigenvalue weighted by molar-refractivity contribution is 0.651. The van der Waals surface area contributed by atoms with Gasteiger partial charge in [0.1, 0.15) is 5.82 Å². The molecular formula is C14H16ClN3. The predicted molar refractivity (Wildman–Crippen MR) is 75.4 cm³/mol. The minimum atomic E-state index is -0.142. The molecule has 1 aromatic carbocycles. The first kappa shape index (κ1) is 12.9. The molecule has 1 atom stereocenters. The lowest BCUT2D eigenvalue weighted by Gasteiger charge is -2.14. The second kappa shape index (κ2) is 5.85. The second-order valence-corrected chi connectivity index (χ2v) is 4.70. The molecule has 18 heavy (non-hydrogen) atoms. The third kappa shape index (κ3) is 3.22. The van der Waals surface area contributed by atoms with Crippen LogP contribution in [-0.2, 0) is 6.42 Å². The van der Waals surface area contributed by atoms with Crippen LogP contribution < -0.4 is 11.5 Å². The Morgan fingerprint density at radius 1 is 1.22 bits per heavy atom. The van der Waals surface area contributed by atoms with E-state index in [1.54, 1.807) is 6.07 Å². The highest BCUT2D eigenvalue weighted by Gasteiger charge is 2.11. The van der Waals surface area contributed by atoms with Crippen LogP contribution in [0.25, 0.3) is 0 Å². The molecule has 0 bridgehead atoms. The molecule has 0 fully saturated rings.